The lowest BCUT2D eigenvalue weighted by Gasteiger charge is -2.42. The first-order chi connectivity index (χ1) is 11.8. The summed E-state index contributed by atoms with van der Waals surface area (Å²) in [6, 6.07) is 1.57. The molecule has 26 heavy (non-hydrogen) atoms. The zero-order valence-corrected chi connectivity index (χ0v) is 18.0. The van der Waals surface area contributed by atoms with Gasteiger partial charge in [-0.1, -0.05) is 25.8 Å². The fraction of sp³-hybridized carbons (Fsp3) is 0.722. The van der Waals surface area contributed by atoms with Gasteiger partial charge in [-0.2, -0.15) is 0 Å². The van der Waals surface area contributed by atoms with Crippen molar-refractivity contribution >= 4 is 14.2 Å². The highest BCUT2D eigenvalue weighted by Gasteiger charge is 2.38. The quantitative estimate of drug-likeness (QED) is 0.491. The number of rotatable bonds is 4. The molecule has 1 aliphatic heterocycles. The number of amides is 1. The topological polar surface area (TPSA) is 81.4 Å². The van der Waals surface area contributed by atoms with Gasteiger partial charge in [0, 0.05) is 25.7 Å². The van der Waals surface area contributed by atoms with Crippen LogP contribution in [-0.2, 0) is 11.0 Å². The Morgan fingerprint density at radius 2 is 2.12 bits per heavy atom. The van der Waals surface area contributed by atoms with Crippen LogP contribution < -0.4 is 10.0 Å². The first-order valence-electron chi connectivity index (χ1n) is 9.10. The Labute approximate surface area is 157 Å². The monoisotopic (exact) mass is 380 g/mol. The maximum absolute atomic E-state index is 13.0. The smallest absolute Gasteiger partial charge is 0.294 e. The van der Waals surface area contributed by atoms with E-state index in [1.54, 1.807) is 11.0 Å². The van der Waals surface area contributed by atoms with E-state index < -0.39 is 8.32 Å². The van der Waals surface area contributed by atoms with Crippen LogP contribution in [0, 0.1) is 5.21 Å². The van der Waals surface area contributed by atoms with Gasteiger partial charge >= 0.3 is 0 Å². The Balaban J connectivity index is 2.21. The molecule has 0 aromatic carbocycles. The predicted octanol–water partition coefficient (Wildman–Crippen LogP) is 2.06. The molecule has 146 valence electrons. The van der Waals surface area contributed by atoms with Crippen molar-refractivity contribution in [3.8, 4) is 0 Å². The summed E-state index contributed by atoms with van der Waals surface area (Å²) < 4.78 is 6.72. The number of hydrogen-bond donors (Lipinski definition) is 1. The summed E-state index contributed by atoms with van der Waals surface area (Å²) in [6.45, 7) is 17.1. The van der Waals surface area contributed by atoms with Gasteiger partial charge in [0.2, 0.25) is 0 Å². The van der Waals surface area contributed by atoms with Crippen molar-refractivity contribution in [1.82, 2.24) is 15.2 Å². The lowest BCUT2D eigenvalue weighted by molar-refractivity contribution is -0.611. The van der Waals surface area contributed by atoms with Gasteiger partial charge < -0.3 is 19.8 Å². The van der Waals surface area contributed by atoms with Crippen LogP contribution in [-0.4, -0.2) is 49.3 Å². The number of piperazine rings is 1. The molecule has 2 rings (SSSR count). The number of hydrogen-bond acceptors (Lipinski definition) is 5. The molecule has 0 radical (unpaired) electrons. The van der Waals surface area contributed by atoms with E-state index in [-0.39, 0.29) is 22.2 Å². The second-order valence-electron chi connectivity index (χ2n) is 9.09. The van der Waals surface area contributed by atoms with Crippen molar-refractivity contribution in [3.05, 3.63) is 29.0 Å². The molecule has 1 aliphatic rings. The van der Waals surface area contributed by atoms with Gasteiger partial charge in [-0.3, -0.25) is 4.79 Å². The SMILES string of the molecule is CC1(C)CNCCN1C(=O)c1cc(CO[Si](C)(C)C(C)(C)C)nc[n+]1[O-]. The van der Waals surface area contributed by atoms with Crippen LogP contribution >= 0.6 is 0 Å². The number of carbonyl (C=O) groups is 1. The molecule has 7 nitrogen and oxygen atoms in total. The molecule has 8 heteroatoms. The number of nitrogens with zero attached hydrogens (tertiary/aromatic N) is 3. The minimum Gasteiger partial charge on any atom is -0.710 e. The van der Waals surface area contributed by atoms with E-state index in [2.05, 4.69) is 44.2 Å². The second-order valence-corrected chi connectivity index (χ2v) is 13.9. The summed E-state index contributed by atoms with van der Waals surface area (Å²) in [4.78, 5) is 18.9. The standard InChI is InChI=1S/C18H32N4O3Si/c1-17(2,3)26(6,7)25-11-14-10-15(22(24)13-20-14)16(23)21-9-8-19-12-18(21,4)5/h10,13,19H,8-9,11-12H2,1-7H3. The number of nitrogens with one attached hydrogen (secondary N) is 1. The highest BCUT2D eigenvalue weighted by molar-refractivity contribution is 6.74. The third kappa shape index (κ3) is 4.42. The van der Waals surface area contributed by atoms with Crippen LogP contribution in [0.15, 0.2) is 12.4 Å². The lowest BCUT2D eigenvalue weighted by atomic mass is 9.99. The summed E-state index contributed by atoms with van der Waals surface area (Å²) in [5.74, 6) is -0.262. The third-order valence-electron chi connectivity index (χ3n) is 5.52. The minimum absolute atomic E-state index is 0.0870. The Hall–Kier alpha value is -1.51. The zero-order chi connectivity index (χ0) is 19.8. The summed E-state index contributed by atoms with van der Waals surface area (Å²) in [5.41, 5.74) is 0.366. The molecule has 0 bridgehead atoms. The van der Waals surface area contributed by atoms with Gasteiger partial charge in [0.25, 0.3) is 12.2 Å². The van der Waals surface area contributed by atoms with E-state index in [0.29, 0.717) is 30.1 Å². The van der Waals surface area contributed by atoms with Gasteiger partial charge in [-0.05, 0) is 32.0 Å². The fourth-order valence-electron chi connectivity index (χ4n) is 2.65. The number of aromatic nitrogens is 2. The Morgan fingerprint density at radius 3 is 2.69 bits per heavy atom. The molecule has 1 N–H and O–H groups in total. The van der Waals surface area contributed by atoms with E-state index in [0.717, 1.165) is 12.9 Å². The minimum atomic E-state index is -1.93. The normalized spacial score (nSPS) is 18.0. The molecule has 1 amide bonds. The fourth-order valence-corrected chi connectivity index (χ4v) is 3.59. The first-order valence-corrected chi connectivity index (χ1v) is 12.0. The van der Waals surface area contributed by atoms with Gasteiger partial charge in [0.1, 0.15) is 6.61 Å². The lowest BCUT2D eigenvalue weighted by Crippen LogP contribution is -2.61. The summed E-state index contributed by atoms with van der Waals surface area (Å²) in [7, 11) is -1.93. The molecule has 1 fully saturated rings. The van der Waals surface area contributed by atoms with Crippen LogP contribution in [0.2, 0.25) is 18.1 Å². The molecule has 2 heterocycles. The molecule has 0 atom stereocenters. The highest BCUT2D eigenvalue weighted by atomic mass is 28.4. The van der Waals surface area contributed by atoms with Crippen molar-refractivity contribution in [2.45, 2.75) is 64.9 Å². The molecule has 0 unspecified atom stereocenters. The van der Waals surface area contributed by atoms with Crippen molar-refractivity contribution in [2.75, 3.05) is 19.6 Å². The Kier molecular flexibility index (Phi) is 5.79. The Morgan fingerprint density at radius 1 is 1.46 bits per heavy atom. The van der Waals surface area contributed by atoms with E-state index >= 15 is 0 Å². The summed E-state index contributed by atoms with van der Waals surface area (Å²) in [6.07, 6.45) is 1.16. The molecule has 0 aliphatic carbocycles. The molecule has 1 aromatic heterocycles. The Bertz CT molecular complexity index is 671. The van der Waals surface area contributed by atoms with Crippen LogP contribution in [0.1, 0.15) is 50.8 Å². The predicted molar refractivity (Wildman–Crippen MR) is 103 cm³/mol. The van der Waals surface area contributed by atoms with Gasteiger partial charge in [0.05, 0.1) is 5.54 Å². The third-order valence-corrected chi connectivity index (χ3v) is 10.00. The largest absolute Gasteiger partial charge is 0.710 e. The van der Waals surface area contributed by atoms with Crippen molar-refractivity contribution in [2.24, 2.45) is 0 Å². The highest BCUT2D eigenvalue weighted by Crippen LogP contribution is 2.36. The van der Waals surface area contributed by atoms with Gasteiger partial charge in [0.15, 0.2) is 19.7 Å². The summed E-state index contributed by atoms with van der Waals surface area (Å²) >= 11 is 0. The molecular weight excluding hydrogens is 348 g/mol. The molecule has 1 saturated heterocycles. The average molecular weight is 381 g/mol. The van der Waals surface area contributed by atoms with Crippen LogP contribution in [0.4, 0.5) is 0 Å². The van der Waals surface area contributed by atoms with Crippen LogP contribution in [0.25, 0.3) is 0 Å². The van der Waals surface area contributed by atoms with Crippen molar-refractivity contribution < 1.29 is 14.0 Å². The van der Waals surface area contributed by atoms with E-state index in [9.17, 15) is 10.0 Å². The van der Waals surface area contributed by atoms with E-state index in [1.807, 2.05) is 13.8 Å². The van der Waals surface area contributed by atoms with E-state index in [4.69, 9.17) is 4.43 Å². The molecular formula is C18H32N4O3Si. The number of carbonyl (C=O) groups excluding carboxylic acids is 1. The zero-order valence-electron chi connectivity index (χ0n) is 17.0. The van der Waals surface area contributed by atoms with Crippen LogP contribution in [0.5, 0.6) is 0 Å². The van der Waals surface area contributed by atoms with Gasteiger partial charge in [-0.15, -0.1) is 0 Å². The average Bonchev–Trinajstić information content (AvgIpc) is 2.52. The molecule has 1 aromatic rings. The van der Waals surface area contributed by atoms with Gasteiger partial charge in [-0.25, -0.2) is 4.73 Å². The van der Waals surface area contributed by atoms with Crippen LogP contribution in [0.3, 0.4) is 0 Å². The second kappa shape index (κ2) is 7.25. The van der Waals surface area contributed by atoms with E-state index in [1.165, 1.54) is 0 Å². The first kappa shape index (κ1) is 20.8. The maximum Gasteiger partial charge on any atom is 0.294 e. The maximum atomic E-state index is 13.0. The van der Waals surface area contributed by atoms with Crippen molar-refractivity contribution in [1.29, 1.82) is 0 Å². The molecule has 0 spiro atoms. The molecule has 0 saturated carbocycles. The summed E-state index contributed by atoms with van der Waals surface area (Å²) in [5, 5.41) is 15.6. The van der Waals surface area contributed by atoms with Crippen molar-refractivity contribution in [3.63, 3.8) is 0 Å².